The van der Waals surface area contributed by atoms with Gasteiger partial charge in [-0.25, -0.2) is 4.79 Å². The van der Waals surface area contributed by atoms with Crippen molar-refractivity contribution in [1.82, 2.24) is 5.32 Å². The Bertz CT molecular complexity index is 513. The first-order valence-electron chi connectivity index (χ1n) is 7.07. The maximum absolute atomic E-state index is 11.8. The van der Waals surface area contributed by atoms with Crippen LogP contribution in [0.15, 0.2) is 18.2 Å². The van der Waals surface area contributed by atoms with E-state index < -0.39 is 17.9 Å². The van der Waals surface area contributed by atoms with E-state index in [0.29, 0.717) is 12.2 Å². The minimum absolute atomic E-state index is 0.131. The highest BCUT2D eigenvalue weighted by atomic mass is 16.5. The summed E-state index contributed by atoms with van der Waals surface area (Å²) in [5.41, 5.74) is 2.23. The van der Waals surface area contributed by atoms with E-state index in [2.05, 4.69) is 5.32 Å². The van der Waals surface area contributed by atoms with E-state index in [9.17, 15) is 9.59 Å². The number of hydrogen-bond donors (Lipinski definition) is 2. The number of ether oxygens (including phenoxy) is 1. The van der Waals surface area contributed by atoms with Gasteiger partial charge in [0.25, 0.3) is 5.91 Å². The van der Waals surface area contributed by atoms with Crippen molar-refractivity contribution in [1.29, 1.82) is 0 Å². The number of carboxylic acid groups (broad SMARTS) is 1. The van der Waals surface area contributed by atoms with E-state index in [1.165, 1.54) is 0 Å². The van der Waals surface area contributed by atoms with Gasteiger partial charge in [0, 0.05) is 0 Å². The predicted molar refractivity (Wildman–Crippen MR) is 80.4 cm³/mol. The number of carboxylic acids is 1. The van der Waals surface area contributed by atoms with Crippen LogP contribution >= 0.6 is 0 Å². The van der Waals surface area contributed by atoms with E-state index in [-0.39, 0.29) is 12.5 Å². The van der Waals surface area contributed by atoms with Crippen LogP contribution in [0.2, 0.25) is 0 Å². The second kappa shape index (κ2) is 7.67. The number of nitrogens with one attached hydrogen (secondary N) is 1. The number of rotatable bonds is 7. The lowest BCUT2D eigenvalue weighted by Gasteiger charge is -2.20. The van der Waals surface area contributed by atoms with Gasteiger partial charge in [0.2, 0.25) is 0 Å². The molecule has 0 unspecified atom stereocenters. The summed E-state index contributed by atoms with van der Waals surface area (Å²) in [6.07, 6.45) is 0.676. The van der Waals surface area contributed by atoms with Crippen LogP contribution in [0.1, 0.15) is 31.4 Å². The highest BCUT2D eigenvalue weighted by Crippen LogP contribution is 2.16. The van der Waals surface area contributed by atoms with Crippen LogP contribution in [0.5, 0.6) is 5.75 Å². The standard InChI is InChI=1S/C16H23NO4/c1-5-10(2)15(16(19)20)17-14(18)9-21-13-7-6-11(3)12(4)8-13/h6-8,10,15H,5,9H2,1-4H3,(H,17,18)(H,19,20)/t10-,15-/m0/s1. The first kappa shape index (κ1) is 17.0. The summed E-state index contributed by atoms with van der Waals surface area (Å²) in [6, 6.07) is 4.68. The van der Waals surface area contributed by atoms with Crippen LogP contribution in [0.3, 0.4) is 0 Å². The molecule has 0 spiro atoms. The minimum Gasteiger partial charge on any atom is -0.484 e. The second-order valence-corrected chi connectivity index (χ2v) is 5.30. The lowest BCUT2D eigenvalue weighted by atomic mass is 9.99. The number of carbonyl (C=O) groups is 2. The molecule has 0 saturated carbocycles. The van der Waals surface area contributed by atoms with E-state index in [1.807, 2.05) is 32.9 Å². The molecule has 2 N–H and O–H groups in total. The van der Waals surface area contributed by atoms with Gasteiger partial charge in [-0.2, -0.15) is 0 Å². The third-order valence-corrected chi connectivity index (χ3v) is 3.64. The highest BCUT2D eigenvalue weighted by Gasteiger charge is 2.25. The van der Waals surface area contributed by atoms with Crippen molar-refractivity contribution in [2.75, 3.05) is 6.61 Å². The van der Waals surface area contributed by atoms with Crippen LogP contribution in [0.25, 0.3) is 0 Å². The summed E-state index contributed by atoms with van der Waals surface area (Å²) in [4.78, 5) is 22.9. The molecule has 1 aromatic rings. The summed E-state index contributed by atoms with van der Waals surface area (Å²) in [7, 11) is 0. The quantitative estimate of drug-likeness (QED) is 0.809. The lowest BCUT2D eigenvalue weighted by Crippen LogP contribution is -2.46. The Morgan fingerprint density at radius 2 is 1.95 bits per heavy atom. The largest absolute Gasteiger partial charge is 0.484 e. The first-order chi connectivity index (χ1) is 9.85. The Hall–Kier alpha value is -2.04. The summed E-state index contributed by atoms with van der Waals surface area (Å²) < 4.78 is 5.39. The minimum atomic E-state index is -1.02. The average molecular weight is 293 g/mol. The Morgan fingerprint density at radius 1 is 1.29 bits per heavy atom. The number of amides is 1. The molecule has 21 heavy (non-hydrogen) atoms. The van der Waals surface area contributed by atoms with Crippen LogP contribution in [-0.2, 0) is 9.59 Å². The number of aliphatic carboxylic acids is 1. The molecular formula is C16H23NO4. The molecule has 0 aliphatic heterocycles. The van der Waals surface area contributed by atoms with Gasteiger partial charge in [0.05, 0.1) is 0 Å². The van der Waals surface area contributed by atoms with Gasteiger partial charge in [-0.05, 0) is 43.0 Å². The first-order valence-corrected chi connectivity index (χ1v) is 7.07. The number of benzene rings is 1. The SMILES string of the molecule is CC[C@H](C)[C@H](NC(=O)COc1ccc(C)c(C)c1)C(=O)O. The molecule has 0 aliphatic carbocycles. The summed E-state index contributed by atoms with van der Waals surface area (Å²) in [5.74, 6) is -0.985. The zero-order valence-corrected chi connectivity index (χ0v) is 13.0. The molecule has 1 aromatic carbocycles. The van der Waals surface area contributed by atoms with Gasteiger partial charge in [-0.1, -0.05) is 26.3 Å². The molecule has 5 heteroatoms. The normalized spacial score (nSPS) is 13.3. The van der Waals surface area contributed by atoms with E-state index in [0.717, 1.165) is 11.1 Å². The van der Waals surface area contributed by atoms with E-state index >= 15 is 0 Å². The van der Waals surface area contributed by atoms with Gasteiger partial charge in [0.15, 0.2) is 6.61 Å². The van der Waals surface area contributed by atoms with Crippen molar-refractivity contribution < 1.29 is 19.4 Å². The molecule has 0 heterocycles. The van der Waals surface area contributed by atoms with Crippen molar-refractivity contribution in [3.63, 3.8) is 0 Å². The molecule has 0 saturated heterocycles. The van der Waals surface area contributed by atoms with Crippen LogP contribution in [0.4, 0.5) is 0 Å². The number of hydrogen-bond acceptors (Lipinski definition) is 3. The smallest absolute Gasteiger partial charge is 0.326 e. The molecule has 0 aromatic heterocycles. The summed E-state index contributed by atoms with van der Waals surface area (Å²) >= 11 is 0. The fourth-order valence-electron chi connectivity index (χ4n) is 1.85. The molecule has 0 aliphatic rings. The van der Waals surface area contributed by atoms with Gasteiger partial charge < -0.3 is 15.2 Å². The van der Waals surface area contributed by atoms with Crippen molar-refractivity contribution >= 4 is 11.9 Å². The Kier molecular flexibility index (Phi) is 6.21. The summed E-state index contributed by atoms with van der Waals surface area (Å²) in [5, 5.41) is 11.6. The van der Waals surface area contributed by atoms with Gasteiger partial charge in [-0.3, -0.25) is 4.79 Å². The number of carbonyl (C=O) groups excluding carboxylic acids is 1. The number of aryl methyl sites for hydroxylation is 2. The Morgan fingerprint density at radius 3 is 2.48 bits per heavy atom. The highest BCUT2D eigenvalue weighted by molar-refractivity contribution is 5.84. The van der Waals surface area contributed by atoms with Crippen LogP contribution < -0.4 is 10.1 Å². The topological polar surface area (TPSA) is 75.6 Å². The molecule has 1 rings (SSSR count). The third kappa shape index (κ3) is 5.10. The Balaban J connectivity index is 2.56. The van der Waals surface area contributed by atoms with Gasteiger partial charge >= 0.3 is 5.97 Å². The predicted octanol–water partition coefficient (Wildman–Crippen LogP) is 2.30. The van der Waals surface area contributed by atoms with E-state index in [4.69, 9.17) is 9.84 Å². The van der Waals surface area contributed by atoms with Crippen molar-refractivity contribution in [3.8, 4) is 5.75 Å². The fraction of sp³-hybridized carbons (Fsp3) is 0.500. The van der Waals surface area contributed by atoms with Crippen molar-refractivity contribution in [2.24, 2.45) is 5.92 Å². The van der Waals surface area contributed by atoms with Gasteiger partial charge in [0.1, 0.15) is 11.8 Å². The zero-order valence-electron chi connectivity index (χ0n) is 13.0. The summed E-state index contributed by atoms with van der Waals surface area (Å²) in [6.45, 7) is 7.45. The Labute approximate surface area is 125 Å². The van der Waals surface area contributed by atoms with Crippen LogP contribution in [0, 0.1) is 19.8 Å². The third-order valence-electron chi connectivity index (χ3n) is 3.64. The molecule has 116 valence electrons. The molecule has 0 bridgehead atoms. The van der Waals surface area contributed by atoms with Crippen molar-refractivity contribution in [3.05, 3.63) is 29.3 Å². The van der Waals surface area contributed by atoms with Crippen molar-refractivity contribution in [2.45, 2.75) is 40.2 Å². The van der Waals surface area contributed by atoms with E-state index in [1.54, 1.807) is 13.0 Å². The maximum atomic E-state index is 11.8. The maximum Gasteiger partial charge on any atom is 0.326 e. The second-order valence-electron chi connectivity index (χ2n) is 5.30. The fourth-order valence-corrected chi connectivity index (χ4v) is 1.85. The molecule has 2 atom stereocenters. The molecule has 1 amide bonds. The zero-order chi connectivity index (χ0) is 16.0. The molecular weight excluding hydrogens is 270 g/mol. The lowest BCUT2D eigenvalue weighted by molar-refractivity contribution is -0.143. The molecule has 0 fully saturated rings. The van der Waals surface area contributed by atoms with Gasteiger partial charge in [-0.15, -0.1) is 0 Å². The molecule has 5 nitrogen and oxygen atoms in total. The average Bonchev–Trinajstić information content (AvgIpc) is 2.44. The molecule has 0 radical (unpaired) electrons. The van der Waals surface area contributed by atoms with Crippen LogP contribution in [-0.4, -0.2) is 29.6 Å². The monoisotopic (exact) mass is 293 g/mol.